The Kier molecular flexibility index (Phi) is 5.63. The van der Waals surface area contributed by atoms with Crippen LogP contribution in [0.4, 0.5) is 5.69 Å². The van der Waals surface area contributed by atoms with E-state index in [4.69, 9.17) is 23.2 Å². The summed E-state index contributed by atoms with van der Waals surface area (Å²) in [5.74, 6) is 0. The molecule has 8 heteroatoms. The van der Waals surface area contributed by atoms with Crippen molar-refractivity contribution in [3.05, 3.63) is 86.9 Å². The number of thioether (sulfide) groups is 1. The third-order valence-electron chi connectivity index (χ3n) is 3.58. The summed E-state index contributed by atoms with van der Waals surface area (Å²) in [4.78, 5) is 15.5. The standard InChI is InChI=1S/C17H13Cl2N3O2S/c18-15-6-5-14(9-16(15)19)25-17(10-21-8-7-20-11-21)12-1-3-13(4-2-12)22(23)24/h1-9,11,17H,10H2. The van der Waals surface area contributed by atoms with E-state index >= 15 is 0 Å². The molecule has 0 N–H and O–H groups in total. The topological polar surface area (TPSA) is 61.0 Å². The molecule has 0 aliphatic rings. The van der Waals surface area contributed by atoms with Gasteiger partial charge in [0.05, 0.1) is 26.5 Å². The molecule has 0 amide bonds. The van der Waals surface area contributed by atoms with Gasteiger partial charge in [0, 0.05) is 36.0 Å². The van der Waals surface area contributed by atoms with Crippen molar-refractivity contribution in [2.75, 3.05) is 0 Å². The fourth-order valence-corrected chi connectivity index (χ4v) is 3.89. The molecule has 1 unspecified atom stereocenters. The summed E-state index contributed by atoms with van der Waals surface area (Å²) in [7, 11) is 0. The molecule has 0 saturated carbocycles. The molecule has 3 rings (SSSR count). The zero-order valence-corrected chi connectivity index (χ0v) is 15.2. The number of hydrogen-bond donors (Lipinski definition) is 0. The molecular weight excluding hydrogens is 381 g/mol. The molecule has 0 fully saturated rings. The van der Waals surface area contributed by atoms with E-state index in [-0.39, 0.29) is 10.9 Å². The van der Waals surface area contributed by atoms with Gasteiger partial charge in [-0.25, -0.2) is 4.98 Å². The molecular formula is C17H13Cl2N3O2S. The first-order valence-corrected chi connectivity index (χ1v) is 8.98. The zero-order chi connectivity index (χ0) is 17.8. The molecule has 0 aliphatic heterocycles. The lowest BCUT2D eigenvalue weighted by Gasteiger charge is -2.18. The summed E-state index contributed by atoms with van der Waals surface area (Å²) in [5, 5.41) is 11.9. The Hall–Kier alpha value is -2.02. The van der Waals surface area contributed by atoms with E-state index in [0.717, 1.165) is 10.5 Å². The minimum absolute atomic E-state index is 0.0345. The van der Waals surface area contributed by atoms with Crippen molar-refractivity contribution >= 4 is 40.7 Å². The normalized spacial score (nSPS) is 12.1. The van der Waals surface area contributed by atoms with Crippen molar-refractivity contribution in [2.24, 2.45) is 0 Å². The minimum atomic E-state index is -0.402. The number of nitro groups is 1. The molecule has 0 saturated heterocycles. The monoisotopic (exact) mass is 393 g/mol. The number of benzene rings is 2. The highest BCUT2D eigenvalue weighted by Gasteiger charge is 2.16. The summed E-state index contributed by atoms with van der Waals surface area (Å²) in [6.45, 7) is 0.669. The Bertz CT molecular complexity index is 870. The molecule has 3 aromatic rings. The van der Waals surface area contributed by atoms with Gasteiger partial charge in [0.2, 0.25) is 0 Å². The van der Waals surface area contributed by atoms with Gasteiger partial charge in [0.1, 0.15) is 0 Å². The molecule has 0 bridgehead atoms. The number of rotatable bonds is 6. The molecule has 25 heavy (non-hydrogen) atoms. The van der Waals surface area contributed by atoms with Crippen LogP contribution in [-0.4, -0.2) is 14.5 Å². The number of nitro benzene ring substituents is 1. The van der Waals surface area contributed by atoms with Crippen LogP contribution in [0, 0.1) is 10.1 Å². The van der Waals surface area contributed by atoms with E-state index in [1.54, 1.807) is 42.5 Å². The predicted octanol–water partition coefficient (Wildman–Crippen LogP) is 5.63. The average Bonchev–Trinajstić information content (AvgIpc) is 3.11. The quantitative estimate of drug-likeness (QED) is 0.309. The molecule has 1 atom stereocenters. The third kappa shape index (κ3) is 4.54. The fraction of sp³-hybridized carbons (Fsp3) is 0.118. The Morgan fingerprint density at radius 3 is 2.52 bits per heavy atom. The largest absolute Gasteiger partial charge is 0.336 e. The number of aromatic nitrogens is 2. The van der Waals surface area contributed by atoms with Gasteiger partial charge in [0.25, 0.3) is 5.69 Å². The highest BCUT2D eigenvalue weighted by molar-refractivity contribution is 7.99. The smallest absolute Gasteiger partial charge is 0.269 e. The number of nitrogens with zero attached hydrogens (tertiary/aromatic N) is 3. The van der Waals surface area contributed by atoms with Gasteiger partial charge in [-0.1, -0.05) is 35.3 Å². The van der Waals surface area contributed by atoms with Gasteiger partial charge < -0.3 is 4.57 Å². The van der Waals surface area contributed by atoms with Crippen LogP contribution in [0.15, 0.2) is 66.1 Å². The van der Waals surface area contributed by atoms with Gasteiger partial charge in [-0.2, -0.15) is 0 Å². The molecule has 2 aromatic carbocycles. The summed E-state index contributed by atoms with van der Waals surface area (Å²) in [5.41, 5.74) is 1.06. The second-order valence-electron chi connectivity index (χ2n) is 5.29. The number of non-ortho nitro benzene ring substituents is 1. The van der Waals surface area contributed by atoms with Crippen molar-refractivity contribution in [1.29, 1.82) is 0 Å². The number of hydrogen-bond acceptors (Lipinski definition) is 4. The van der Waals surface area contributed by atoms with E-state index in [1.165, 1.54) is 12.1 Å². The maximum Gasteiger partial charge on any atom is 0.269 e. The first-order valence-electron chi connectivity index (χ1n) is 7.35. The number of imidazole rings is 1. The van der Waals surface area contributed by atoms with Gasteiger partial charge in [-0.15, -0.1) is 11.8 Å². The fourth-order valence-electron chi connectivity index (χ4n) is 2.32. The Labute approximate surface area is 158 Å². The van der Waals surface area contributed by atoms with Crippen molar-refractivity contribution in [1.82, 2.24) is 9.55 Å². The highest BCUT2D eigenvalue weighted by Crippen LogP contribution is 2.39. The van der Waals surface area contributed by atoms with Crippen molar-refractivity contribution in [3.8, 4) is 0 Å². The lowest BCUT2D eigenvalue weighted by molar-refractivity contribution is -0.384. The highest BCUT2D eigenvalue weighted by atomic mass is 35.5. The van der Waals surface area contributed by atoms with Crippen LogP contribution in [0.3, 0.4) is 0 Å². The van der Waals surface area contributed by atoms with Crippen molar-refractivity contribution < 1.29 is 4.92 Å². The second kappa shape index (κ2) is 7.91. The van der Waals surface area contributed by atoms with E-state index in [0.29, 0.717) is 16.6 Å². The van der Waals surface area contributed by atoms with Crippen LogP contribution < -0.4 is 0 Å². The molecule has 128 valence electrons. The maximum absolute atomic E-state index is 10.9. The summed E-state index contributed by atoms with van der Waals surface area (Å²) >= 11 is 13.7. The first-order chi connectivity index (χ1) is 12.0. The van der Waals surface area contributed by atoms with Crippen molar-refractivity contribution in [3.63, 3.8) is 0 Å². The van der Waals surface area contributed by atoms with Crippen LogP contribution in [0.1, 0.15) is 10.8 Å². The van der Waals surface area contributed by atoms with Crippen LogP contribution in [0.5, 0.6) is 0 Å². The van der Waals surface area contributed by atoms with Gasteiger partial charge in [-0.05, 0) is 23.8 Å². The SMILES string of the molecule is O=[N+]([O-])c1ccc(C(Cn2ccnc2)Sc2ccc(Cl)c(Cl)c2)cc1. The summed E-state index contributed by atoms with van der Waals surface area (Å²) in [6.07, 6.45) is 5.35. The zero-order valence-electron chi connectivity index (χ0n) is 12.9. The first kappa shape index (κ1) is 17.8. The Balaban J connectivity index is 1.88. The van der Waals surface area contributed by atoms with Gasteiger partial charge >= 0.3 is 0 Å². The molecule has 0 spiro atoms. The van der Waals surface area contributed by atoms with E-state index in [1.807, 2.05) is 22.9 Å². The molecule has 1 aromatic heterocycles. The predicted molar refractivity (Wildman–Crippen MR) is 100 cm³/mol. The lowest BCUT2D eigenvalue weighted by Crippen LogP contribution is -2.05. The Morgan fingerprint density at radius 2 is 1.92 bits per heavy atom. The van der Waals surface area contributed by atoms with Crippen LogP contribution in [0.2, 0.25) is 10.0 Å². The van der Waals surface area contributed by atoms with E-state index in [2.05, 4.69) is 4.98 Å². The van der Waals surface area contributed by atoms with Crippen molar-refractivity contribution in [2.45, 2.75) is 16.7 Å². The van der Waals surface area contributed by atoms with Crippen LogP contribution in [-0.2, 0) is 6.54 Å². The Morgan fingerprint density at radius 1 is 1.16 bits per heavy atom. The van der Waals surface area contributed by atoms with Crippen LogP contribution >= 0.6 is 35.0 Å². The lowest BCUT2D eigenvalue weighted by atomic mass is 10.1. The summed E-state index contributed by atoms with van der Waals surface area (Å²) < 4.78 is 1.97. The molecule has 0 aliphatic carbocycles. The molecule has 5 nitrogen and oxygen atoms in total. The van der Waals surface area contributed by atoms with E-state index in [9.17, 15) is 10.1 Å². The summed E-state index contributed by atoms with van der Waals surface area (Å²) in [6, 6.07) is 12.1. The van der Waals surface area contributed by atoms with Crippen LogP contribution in [0.25, 0.3) is 0 Å². The molecule has 0 radical (unpaired) electrons. The maximum atomic E-state index is 10.9. The number of halogens is 2. The molecule has 1 heterocycles. The van der Waals surface area contributed by atoms with Gasteiger partial charge in [0.15, 0.2) is 0 Å². The van der Waals surface area contributed by atoms with Gasteiger partial charge in [-0.3, -0.25) is 10.1 Å². The minimum Gasteiger partial charge on any atom is -0.336 e. The average molecular weight is 394 g/mol. The van der Waals surface area contributed by atoms with E-state index < -0.39 is 4.92 Å². The third-order valence-corrected chi connectivity index (χ3v) is 5.55. The second-order valence-corrected chi connectivity index (χ2v) is 7.38.